The van der Waals surface area contributed by atoms with Crippen LogP contribution in [0.25, 0.3) is 0 Å². The molecule has 3 atom stereocenters. The Morgan fingerprint density at radius 3 is 2.48 bits per heavy atom. The van der Waals surface area contributed by atoms with Crippen molar-refractivity contribution in [2.45, 2.75) is 50.4 Å². The molecule has 184 valence electrons. The number of carbonyl (C=O) groups excluding carboxylic acids is 1. The van der Waals surface area contributed by atoms with Gasteiger partial charge in [0.05, 0.1) is 5.56 Å². The molecule has 10 heteroatoms. The van der Waals surface area contributed by atoms with Gasteiger partial charge >= 0.3 is 6.18 Å². The molecule has 1 saturated heterocycles. The van der Waals surface area contributed by atoms with Crippen LogP contribution in [0.2, 0.25) is 0 Å². The Hall–Kier alpha value is -1.75. The molecule has 2 aliphatic carbocycles. The second-order valence-corrected chi connectivity index (χ2v) is 9.61. The summed E-state index contributed by atoms with van der Waals surface area (Å²) in [7, 11) is 0. The van der Waals surface area contributed by atoms with Crippen molar-refractivity contribution in [3.8, 4) is 0 Å². The summed E-state index contributed by atoms with van der Waals surface area (Å²) in [6, 6.07) is 2.11. The molecule has 1 aromatic carbocycles. The van der Waals surface area contributed by atoms with E-state index in [0.29, 0.717) is 24.6 Å². The fourth-order valence-electron chi connectivity index (χ4n) is 4.80. The summed E-state index contributed by atoms with van der Waals surface area (Å²) in [6.07, 6.45) is 0.627. The molecule has 2 saturated carbocycles. The number of piperidine rings is 1. The smallest absolute Gasteiger partial charge is 0.352 e. The van der Waals surface area contributed by atoms with E-state index in [4.69, 9.17) is 5.26 Å². The summed E-state index contributed by atoms with van der Waals surface area (Å²) < 4.78 is 52.1. The lowest BCUT2D eigenvalue weighted by Crippen LogP contribution is -2.41. The minimum Gasteiger partial charge on any atom is -0.352 e. The van der Waals surface area contributed by atoms with Gasteiger partial charge in [0.2, 0.25) is 0 Å². The number of nitrogens with one attached hydrogen (secondary N) is 2. The monoisotopic (exact) mass is 473 g/mol. The largest absolute Gasteiger partial charge is 0.416 e. The Kier molecular flexibility index (Phi) is 7.57. The van der Waals surface area contributed by atoms with Crippen LogP contribution in [0.5, 0.6) is 0 Å². The number of rotatable bonds is 10. The molecule has 1 heterocycles. The van der Waals surface area contributed by atoms with E-state index < -0.39 is 23.5 Å². The fourth-order valence-corrected chi connectivity index (χ4v) is 4.80. The summed E-state index contributed by atoms with van der Waals surface area (Å²) in [5.41, 5.74) is -1.49. The van der Waals surface area contributed by atoms with E-state index in [9.17, 15) is 22.4 Å². The van der Waals surface area contributed by atoms with Crippen molar-refractivity contribution < 1.29 is 32.5 Å². The molecule has 6 nitrogen and oxygen atoms in total. The van der Waals surface area contributed by atoms with Gasteiger partial charge in [0.15, 0.2) is 0 Å². The minimum atomic E-state index is -4.71. The Bertz CT molecular complexity index is 826. The first-order chi connectivity index (χ1) is 15.7. The van der Waals surface area contributed by atoms with E-state index >= 15 is 0 Å². The molecular formula is C23H31F4N3O3. The van der Waals surface area contributed by atoms with Crippen LogP contribution in [0.1, 0.15) is 48.0 Å². The number of hydrogen-bond acceptors (Lipinski definition) is 5. The van der Waals surface area contributed by atoms with Gasteiger partial charge in [0.1, 0.15) is 11.9 Å². The van der Waals surface area contributed by atoms with Gasteiger partial charge in [-0.1, -0.05) is 12.8 Å². The summed E-state index contributed by atoms with van der Waals surface area (Å²) in [6.45, 7) is 3.79. The third kappa shape index (κ3) is 6.65. The van der Waals surface area contributed by atoms with Crippen molar-refractivity contribution >= 4 is 5.91 Å². The first-order valence-corrected chi connectivity index (χ1v) is 11.7. The van der Waals surface area contributed by atoms with E-state index in [1.807, 2.05) is 0 Å². The number of amides is 1. The summed E-state index contributed by atoms with van der Waals surface area (Å²) in [5.74, 6) is -0.350. The number of carbonyl (C=O) groups is 1. The van der Waals surface area contributed by atoms with E-state index in [2.05, 4.69) is 20.4 Å². The first-order valence-electron chi connectivity index (χ1n) is 11.7. The lowest BCUT2D eigenvalue weighted by molar-refractivity contribution is -0.257. The molecule has 0 radical (unpaired) electrons. The number of likely N-dealkylation sites (tertiary alicyclic amines) is 1. The minimum absolute atomic E-state index is 0.0924. The summed E-state index contributed by atoms with van der Waals surface area (Å²) in [4.78, 5) is 19.2. The van der Waals surface area contributed by atoms with Crippen LogP contribution in [0.4, 0.5) is 17.6 Å². The van der Waals surface area contributed by atoms with Gasteiger partial charge in [0.25, 0.3) is 5.91 Å². The molecule has 0 spiro atoms. The van der Waals surface area contributed by atoms with Crippen molar-refractivity contribution in [1.82, 2.24) is 15.5 Å². The maximum absolute atomic E-state index is 13.5. The number of nitrogens with zero attached hydrogens (tertiary/aromatic N) is 1. The highest BCUT2D eigenvalue weighted by Crippen LogP contribution is 2.45. The van der Waals surface area contributed by atoms with Crippen molar-refractivity contribution in [2.75, 3.05) is 32.7 Å². The summed E-state index contributed by atoms with van der Waals surface area (Å²) >= 11 is 0. The molecule has 1 amide bonds. The van der Waals surface area contributed by atoms with Crippen molar-refractivity contribution in [1.29, 1.82) is 0 Å². The maximum atomic E-state index is 13.5. The Labute approximate surface area is 190 Å². The Morgan fingerprint density at radius 2 is 1.85 bits per heavy atom. The lowest BCUT2D eigenvalue weighted by Gasteiger charge is -2.32. The van der Waals surface area contributed by atoms with Gasteiger partial charge in [-0.3, -0.25) is 10.1 Å². The molecule has 1 aromatic rings. The molecule has 1 aliphatic heterocycles. The van der Waals surface area contributed by atoms with Gasteiger partial charge in [0, 0.05) is 37.2 Å². The molecule has 0 bridgehead atoms. The average Bonchev–Trinajstić information content (AvgIpc) is 3.70. The second kappa shape index (κ2) is 10.2. The molecule has 3 N–H and O–H groups in total. The molecule has 33 heavy (non-hydrogen) atoms. The van der Waals surface area contributed by atoms with Crippen molar-refractivity contribution in [3.05, 3.63) is 35.1 Å². The predicted octanol–water partition coefficient (Wildman–Crippen LogP) is 3.53. The van der Waals surface area contributed by atoms with Crippen molar-refractivity contribution in [3.63, 3.8) is 0 Å². The SMILES string of the molecule is O=C(NCC1CCN(CCNC2C(CC3CC3)C2OO)CC1)c1cc(F)cc(C(F)(F)F)c1. The molecule has 3 aliphatic rings. The number of halogens is 4. The zero-order valence-corrected chi connectivity index (χ0v) is 18.4. The third-order valence-corrected chi connectivity index (χ3v) is 7.07. The number of hydrogen-bond donors (Lipinski definition) is 3. The van der Waals surface area contributed by atoms with Gasteiger partial charge in [-0.25, -0.2) is 9.28 Å². The Morgan fingerprint density at radius 1 is 1.12 bits per heavy atom. The molecule has 0 aromatic heterocycles. The van der Waals surface area contributed by atoms with Crippen LogP contribution in [0.3, 0.4) is 0 Å². The maximum Gasteiger partial charge on any atom is 0.416 e. The number of alkyl halides is 3. The van der Waals surface area contributed by atoms with E-state index in [0.717, 1.165) is 57.4 Å². The summed E-state index contributed by atoms with van der Waals surface area (Å²) in [5, 5.41) is 15.2. The highest BCUT2D eigenvalue weighted by molar-refractivity contribution is 5.94. The van der Waals surface area contributed by atoms with Gasteiger partial charge in [-0.2, -0.15) is 13.2 Å². The second-order valence-electron chi connectivity index (χ2n) is 9.61. The normalized spacial score (nSPS) is 26.4. The van der Waals surface area contributed by atoms with E-state index in [1.165, 1.54) is 12.8 Å². The zero-order chi connectivity index (χ0) is 23.6. The Balaban J connectivity index is 1.14. The van der Waals surface area contributed by atoms with Crippen molar-refractivity contribution in [2.24, 2.45) is 17.8 Å². The van der Waals surface area contributed by atoms with Crippen LogP contribution < -0.4 is 10.6 Å². The zero-order valence-electron chi connectivity index (χ0n) is 18.4. The van der Waals surface area contributed by atoms with Gasteiger partial charge in [-0.15, -0.1) is 0 Å². The van der Waals surface area contributed by atoms with E-state index in [-0.39, 0.29) is 23.6 Å². The van der Waals surface area contributed by atoms with Crippen LogP contribution in [-0.4, -0.2) is 60.9 Å². The fraction of sp³-hybridized carbons (Fsp3) is 0.696. The standard InChI is InChI=1S/C23H31F4N3O3/c24-18-11-16(10-17(12-18)23(25,26)27)22(31)29-13-15-3-6-30(7-4-15)8-5-28-20-19(21(20)33-32)9-14-1-2-14/h10-12,14-15,19-21,28,32H,1-9,13H2,(H,29,31). The van der Waals surface area contributed by atoms with Crippen LogP contribution >= 0.6 is 0 Å². The quantitative estimate of drug-likeness (QED) is 0.276. The molecule has 4 rings (SSSR count). The highest BCUT2D eigenvalue weighted by atomic mass is 19.4. The highest BCUT2D eigenvalue weighted by Gasteiger charge is 2.53. The topological polar surface area (TPSA) is 73.8 Å². The number of benzene rings is 1. The third-order valence-electron chi connectivity index (χ3n) is 7.07. The van der Waals surface area contributed by atoms with Crippen LogP contribution in [-0.2, 0) is 11.1 Å². The van der Waals surface area contributed by atoms with Gasteiger partial charge in [-0.05, 0) is 62.4 Å². The van der Waals surface area contributed by atoms with Gasteiger partial charge < -0.3 is 15.5 Å². The predicted molar refractivity (Wildman–Crippen MR) is 113 cm³/mol. The van der Waals surface area contributed by atoms with Crippen LogP contribution in [0, 0.1) is 23.6 Å². The molecule has 3 fully saturated rings. The first kappa shape index (κ1) is 24.4. The average molecular weight is 474 g/mol. The molecule has 3 unspecified atom stereocenters. The molecular weight excluding hydrogens is 442 g/mol. The lowest BCUT2D eigenvalue weighted by atomic mass is 9.96. The van der Waals surface area contributed by atoms with E-state index in [1.54, 1.807) is 0 Å². The van der Waals surface area contributed by atoms with Crippen LogP contribution in [0.15, 0.2) is 18.2 Å².